The average Bonchev–Trinajstić information content (AvgIpc) is 2.98. The summed E-state index contributed by atoms with van der Waals surface area (Å²) in [5.41, 5.74) is 3.42. The van der Waals surface area contributed by atoms with E-state index in [1.807, 2.05) is 24.4 Å². The Balaban J connectivity index is 1.39. The van der Waals surface area contributed by atoms with Gasteiger partial charge in [0.25, 0.3) is 0 Å². The summed E-state index contributed by atoms with van der Waals surface area (Å²) in [6.07, 6.45) is 4.25. The number of benzene rings is 1. The maximum Gasteiger partial charge on any atom is 0.121 e. The highest BCUT2D eigenvalue weighted by atomic mass is 15.2. The van der Waals surface area contributed by atoms with Crippen LogP contribution in [0.1, 0.15) is 30.3 Å². The summed E-state index contributed by atoms with van der Waals surface area (Å²) in [4.78, 5) is 15.1. The summed E-state index contributed by atoms with van der Waals surface area (Å²) in [5.74, 6) is 1.67. The molecule has 0 amide bonds. The van der Waals surface area contributed by atoms with Gasteiger partial charge in [-0.1, -0.05) is 18.2 Å². The molecule has 0 atom stereocenters. The number of likely N-dealkylation sites (tertiary alicyclic amines) is 1. The molecular formula is C18H20N4. The first-order valence-corrected chi connectivity index (χ1v) is 7.95. The number of imidazole rings is 1. The lowest BCUT2D eigenvalue weighted by molar-refractivity contribution is 0.199. The van der Waals surface area contributed by atoms with Crippen molar-refractivity contribution in [3.63, 3.8) is 0 Å². The number of hydrogen-bond donors (Lipinski definition) is 1. The molecule has 0 aliphatic carbocycles. The molecule has 1 aromatic carbocycles. The van der Waals surface area contributed by atoms with Crippen LogP contribution < -0.4 is 0 Å². The predicted octanol–water partition coefficient (Wildman–Crippen LogP) is 3.34. The van der Waals surface area contributed by atoms with Gasteiger partial charge in [-0.3, -0.25) is 9.88 Å². The highest BCUT2D eigenvalue weighted by Gasteiger charge is 2.21. The number of pyridine rings is 1. The van der Waals surface area contributed by atoms with Crippen LogP contribution in [-0.2, 0) is 6.54 Å². The van der Waals surface area contributed by atoms with Gasteiger partial charge in [-0.2, -0.15) is 0 Å². The third-order valence-electron chi connectivity index (χ3n) is 4.51. The zero-order valence-electron chi connectivity index (χ0n) is 12.6. The van der Waals surface area contributed by atoms with Crippen molar-refractivity contribution in [1.29, 1.82) is 0 Å². The van der Waals surface area contributed by atoms with Gasteiger partial charge in [-0.15, -0.1) is 0 Å². The summed E-state index contributed by atoms with van der Waals surface area (Å²) in [5, 5.41) is 0. The number of hydrogen-bond acceptors (Lipinski definition) is 3. The minimum Gasteiger partial charge on any atom is -0.341 e. The zero-order valence-corrected chi connectivity index (χ0v) is 12.6. The van der Waals surface area contributed by atoms with Gasteiger partial charge in [0.05, 0.1) is 17.6 Å². The Morgan fingerprint density at radius 3 is 2.64 bits per heavy atom. The van der Waals surface area contributed by atoms with Crippen LogP contribution in [0.3, 0.4) is 0 Å². The van der Waals surface area contributed by atoms with E-state index < -0.39 is 0 Å². The smallest absolute Gasteiger partial charge is 0.121 e. The quantitative estimate of drug-likeness (QED) is 0.805. The van der Waals surface area contributed by atoms with E-state index in [9.17, 15) is 0 Å². The van der Waals surface area contributed by atoms with Crippen LogP contribution in [0.2, 0.25) is 0 Å². The van der Waals surface area contributed by atoms with E-state index in [-0.39, 0.29) is 0 Å². The van der Waals surface area contributed by atoms with Crippen LogP contribution >= 0.6 is 0 Å². The number of aromatic amines is 1. The van der Waals surface area contributed by atoms with Crippen LogP contribution in [0.4, 0.5) is 0 Å². The number of aromatic nitrogens is 3. The number of nitrogens with zero attached hydrogens (tertiary/aromatic N) is 3. The molecule has 1 saturated heterocycles. The van der Waals surface area contributed by atoms with Gasteiger partial charge >= 0.3 is 0 Å². The van der Waals surface area contributed by atoms with Crippen LogP contribution in [0.25, 0.3) is 11.0 Å². The number of rotatable bonds is 3. The lowest BCUT2D eigenvalue weighted by atomic mass is 9.93. The van der Waals surface area contributed by atoms with Gasteiger partial charge in [0, 0.05) is 17.8 Å². The Morgan fingerprint density at radius 1 is 1.05 bits per heavy atom. The second-order valence-electron chi connectivity index (χ2n) is 6.01. The first-order valence-electron chi connectivity index (χ1n) is 7.95. The van der Waals surface area contributed by atoms with E-state index in [1.165, 1.54) is 18.5 Å². The molecule has 22 heavy (non-hydrogen) atoms. The highest BCUT2D eigenvalue weighted by Crippen LogP contribution is 2.27. The fourth-order valence-electron chi connectivity index (χ4n) is 3.30. The van der Waals surface area contributed by atoms with Gasteiger partial charge in [0.2, 0.25) is 0 Å². The second-order valence-corrected chi connectivity index (χ2v) is 6.01. The van der Waals surface area contributed by atoms with Crippen LogP contribution in [0, 0.1) is 0 Å². The van der Waals surface area contributed by atoms with Crippen molar-refractivity contribution in [2.75, 3.05) is 13.1 Å². The maximum atomic E-state index is 4.67. The fourth-order valence-corrected chi connectivity index (χ4v) is 3.30. The third-order valence-corrected chi connectivity index (χ3v) is 4.51. The highest BCUT2D eigenvalue weighted by molar-refractivity contribution is 5.74. The largest absolute Gasteiger partial charge is 0.341 e. The number of nitrogens with one attached hydrogen (secondary N) is 1. The lowest BCUT2D eigenvalue weighted by Crippen LogP contribution is -2.33. The van der Waals surface area contributed by atoms with E-state index in [0.717, 1.165) is 36.5 Å². The Hall–Kier alpha value is -2.20. The Bertz CT molecular complexity index is 709. The molecule has 4 nitrogen and oxygen atoms in total. The van der Waals surface area contributed by atoms with E-state index in [4.69, 9.17) is 0 Å². The van der Waals surface area contributed by atoms with Crippen molar-refractivity contribution in [3.8, 4) is 0 Å². The SMILES string of the molecule is c1ccc(C2CCN(Cc3nc4ccccc4[nH]3)CC2)nc1. The Kier molecular flexibility index (Phi) is 3.60. The van der Waals surface area contributed by atoms with Gasteiger partial charge < -0.3 is 4.98 Å². The van der Waals surface area contributed by atoms with E-state index in [0.29, 0.717) is 5.92 Å². The molecule has 112 valence electrons. The lowest BCUT2D eigenvalue weighted by Gasteiger charge is -2.31. The van der Waals surface area contributed by atoms with Crippen molar-refractivity contribution in [1.82, 2.24) is 19.9 Å². The molecule has 2 aromatic heterocycles. The molecule has 1 fully saturated rings. The molecule has 0 unspecified atom stereocenters. The summed E-state index contributed by atoms with van der Waals surface area (Å²) in [6.45, 7) is 3.13. The predicted molar refractivity (Wildman–Crippen MR) is 87.6 cm³/mol. The summed E-state index contributed by atoms with van der Waals surface area (Å²) in [6, 6.07) is 14.4. The molecule has 3 aromatic rings. The Morgan fingerprint density at radius 2 is 1.86 bits per heavy atom. The topological polar surface area (TPSA) is 44.8 Å². The molecule has 0 radical (unpaired) electrons. The van der Waals surface area contributed by atoms with Crippen LogP contribution in [-0.4, -0.2) is 32.9 Å². The van der Waals surface area contributed by atoms with Crippen molar-refractivity contribution in [3.05, 3.63) is 60.2 Å². The average molecular weight is 292 g/mol. The number of para-hydroxylation sites is 2. The number of piperidine rings is 1. The van der Waals surface area contributed by atoms with Gasteiger partial charge in [-0.05, 0) is 50.2 Å². The molecule has 0 saturated carbocycles. The van der Waals surface area contributed by atoms with Gasteiger partial charge in [-0.25, -0.2) is 4.98 Å². The molecular weight excluding hydrogens is 272 g/mol. The van der Waals surface area contributed by atoms with E-state index in [1.54, 1.807) is 0 Å². The molecule has 1 N–H and O–H groups in total. The molecule has 0 bridgehead atoms. The Labute approximate surface area is 130 Å². The van der Waals surface area contributed by atoms with E-state index >= 15 is 0 Å². The third kappa shape index (κ3) is 2.74. The van der Waals surface area contributed by atoms with Crippen molar-refractivity contribution in [2.24, 2.45) is 0 Å². The minimum atomic E-state index is 0.605. The molecule has 4 heteroatoms. The molecule has 3 heterocycles. The maximum absolute atomic E-state index is 4.67. The van der Waals surface area contributed by atoms with Gasteiger partial charge in [0.1, 0.15) is 5.82 Å². The first kappa shape index (κ1) is 13.5. The minimum absolute atomic E-state index is 0.605. The number of fused-ring (bicyclic) bond motifs is 1. The standard InChI is InChI=1S/C18H20N4/c1-2-7-17-16(6-1)20-18(21-17)13-22-11-8-14(9-12-22)15-5-3-4-10-19-15/h1-7,10,14H,8-9,11-13H2,(H,20,21). The monoisotopic (exact) mass is 292 g/mol. The molecule has 4 rings (SSSR count). The van der Waals surface area contributed by atoms with Crippen molar-refractivity contribution in [2.45, 2.75) is 25.3 Å². The van der Waals surface area contributed by atoms with Crippen LogP contribution in [0.5, 0.6) is 0 Å². The summed E-state index contributed by atoms with van der Waals surface area (Å²) in [7, 11) is 0. The van der Waals surface area contributed by atoms with Crippen molar-refractivity contribution < 1.29 is 0 Å². The molecule has 1 aliphatic rings. The summed E-state index contributed by atoms with van der Waals surface area (Å²) < 4.78 is 0. The normalized spacial score (nSPS) is 17.1. The molecule has 1 aliphatic heterocycles. The zero-order chi connectivity index (χ0) is 14.8. The first-order chi connectivity index (χ1) is 10.9. The van der Waals surface area contributed by atoms with Crippen LogP contribution in [0.15, 0.2) is 48.7 Å². The van der Waals surface area contributed by atoms with Gasteiger partial charge in [0.15, 0.2) is 0 Å². The fraction of sp³-hybridized carbons (Fsp3) is 0.333. The summed E-state index contributed by atoms with van der Waals surface area (Å²) >= 11 is 0. The number of H-pyrrole nitrogens is 1. The second kappa shape index (κ2) is 5.89. The molecule has 0 spiro atoms. The van der Waals surface area contributed by atoms with Crippen molar-refractivity contribution >= 4 is 11.0 Å². The van der Waals surface area contributed by atoms with E-state index in [2.05, 4.69) is 44.1 Å².